The number of rotatable bonds is 3. The first-order valence-corrected chi connectivity index (χ1v) is 6.91. The van der Waals surface area contributed by atoms with E-state index in [-0.39, 0.29) is 12.0 Å². The van der Waals surface area contributed by atoms with Crippen LogP contribution in [-0.4, -0.2) is 36.5 Å². The van der Waals surface area contributed by atoms with Crippen LogP contribution in [0.15, 0.2) is 24.3 Å². The maximum absolute atomic E-state index is 12.1. The van der Waals surface area contributed by atoms with Gasteiger partial charge in [0.15, 0.2) is 0 Å². The molecule has 1 unspecified atom stereocenters. The number of carbonyl (C=O) groups is 1. The van der Waals surface area contributed by atoms with Crippen LogP contribution in [0.2, 0.25) is 5.02 Å². The Morgan fingerprint density at radius 2 is 2.32 bits per heavy atom. The van der Waals surface area contributed by atoms with Crippen molar-refractivity contribution in [2.75, 3.05) is 19.7 Å². The van der Waals surface area contributed by atoms with E-state index in [4.69, 9.17) is 22.1 Å². The number of halogens is 1. The number of benzene rings is 1. The minimum Gasteiger partial charge on any atom is -0.370 e. The molecule has 5 heteroatoms. The summed E-state index contributed by atoms with van der Waals surface area (Å²) in [6, 6.07) is 7.14. The Balaban J connectivity index is 2.09. The molecule has 0 bridgehead atoms. The van der Waals surface area contributed by atoms with Gasteiger partial charge < -0.3 is 15.4 Å². The monoisotopic (exact) mass is 282 g/mol. The molecule has 1 aromatic carbocycles. The fraction of sp³-hybridized carbons (Fsp3) is 0.500. The summed E-state index contributed by atoms with van der Waals surface area (Å²) in [6.45, 7) is 3.52. The predicted octanol–water partition coefficient (Wildman–Crippen LogP) is 1.98. The van der Waals surface area contributed by atoms with Crippen molar-refractivity contribution in [3.8, 4) is 0 Å². The lowest BCUT2D eigenvalue weighted by Gasteiger charge is -2.34. The molecule has 1 aromatic rings. The van der Waals surface area contributed by atoms with Gasteiger partial charge >= 0.3 is 0 Å². The van der Waals surface area contributed by atoms with Crippen LogP contribution in [0.4, 0.5) is 0 Å². The summed E-state index contributed by atoms with van der Waals surface area (Å²) in [4.78, 5) is 13.9. The molecule has 0 aromatic heterocycles. The molecule has 2 rings (SSSR count). The Kier molecular flexibility index (Phi) is 4.80. The van der Waals surface area contributed by atoms with Crippen molar-refractivity contribution in [3.05, 3.63) is 34.9 Å². The molecule has 1 amide bonds. The van der Waals surface area contributed by atoms with Crippen molar-refractivity contribution in [2.45, 2.75) is 25.5 Å². The fourth-order valence-electron chi connectivity index (χ4n) is 2.18. The molecule has 104 valence electrons. The van der Waals surface area contributed by atoms with E-state index in [1.54, 1.807) is 4.90 Å². The van der Waals surface area contributed by atoms with Gasteiger partial charge in [-0.1, -0.05) is 36.7 Å². The lowest BCUT2D eigenvalue weighted by Crippen LogP contribution is -2.49. The maximum Gasteiger partial charge on any atom is 0.239 e. The molecular weight excluding hydrogens is 264 g/mol. The van der Waals surface area contributed by atoms with Gasteiger partial charge in [0, 0.05) is 17.1 Å². The van der Waals surface area contributed by atoms with Crippen LogP contribution in [0.5, 0.6) is 0 Å². The second-order valence-corrected chi connectivity index (χ2v) is 5.09. The van der Waals surface area contributed by atoms with E-state index in [2.05, 4.69) is 0 Å². The highest BCUT2D eigenvalue weighted by atomic mass is 35.5. The summed E-state index contributed by atoms with van der Waals surface area (Å²) in [7, 11) is 0. The van der Waals surface area contributed by atoms with E-state index in [1.807, 2.05) is 31.2 Å². The van der Waals surface area contributed by atoms with Gasteiger partial charge in [-0.3, -0.25) is 4.79 Å². The normalized spacial score (nSPS) is 21.2. The number of amides is 1. The largest absolute Gasteiger partial charge is 0.370 e. The Morgan fingerprint density at radius 1 is 1.58 bits per heavy atom. The van der Waals surface area contributed by atoms with Crippen molar-refractivity contribution in [1.29, 1.82) is 0 Å². The van der Waals surface area contributed by atoms with Crippen LogP contribution in [0.1, 0.15) is 25.0 Å². The van der Waals surface area contributed by atoms with Crippen molar-refractivity contribution in [3.63, 3.8) is 0 Å². The van der Waals surface area contributed by atoms with Crippen molar-refractivity contribution >= 4 is 17.5 Å². The number of morpholine rings is 1. The van der Waals surface area contributed by atoms with E-state index in [9.17, 15) is 4.79 Å². The third-order valence-corrected chi connectivity index (χ3v) is 3.73. The van der Waals surface area contributed by atoms with Crippen LogP contribution in [0, 0.1) is 0 Å². The van der Waals surface area contributed by atoms with Crippen LogP contribution in [-0.2, 0) is 9.53 Å². The standard InChI is InChI=1S/C14H19ClN2O2/c1-2-12(16)14(18)17-7-8-19-13(9-17)10-5-3-4-6-11(10)15/h3-6,12-13H,2,7-9,16H2,1H3/t12-,13?/m0/s1. The Bertz CT molecular complexity index is 453. The lowest BCUT2D eigenvalue weighted by molar-refractivity contribution is -0.140. The summed E-state index contributed by atoms with van der Waals surface area (Å²) in [5, 5.41) is 0.668. The number of nitrogens with two attached hydrogens (primary N) is 1. The highest BCUT2D eigenvalue weighted by Crippen LogP contribution is 2.28. The molecule has 1 fully saturated rings. The summed E-state index contributed by atoms with van der Waals surface area (Å²) >= 11 is 6.17. The minimum atomic E-state index is -0.426. The zero-order valence-corrected chi connectivity index (χ0v) is 11.8. The molecule has 4 nitrogen and oxygen atoms in total. The topological polar surface area (TPSA) is 55.6 Å². The molecule has 0 radical (unpaired) electrons. The smallest absolute Gasteiger partial charge is 0.239 e. The van der Waals surface area contributed by atoms with Gasteiger partial charge in [0.25, 0.3) is 0 Å². The van der Waals surface area contributed by atoms with Crippen molar-refractivity contribution in [2.24, 2.45) is 5.73 Å². The van der Waals surface area contributed by atoms with Crippen molar-refractivity contribution < 1.29 is 9.53 Å². The first-order chi connectivity index (χ1) is 9.13. The van der Waals surface area contributed by atoms with Gasteiger partial charge in [0.2, 0.25) is 5.91 Å². The molecule has 0 saturated carbocycles. The van der Waals surface area contributed by atoms with Gasteiger partial charge in [0.05, 0.1) is 19.2 Å². The summed E-state index contributed by atoms with van der Waals surface area (Å²) in [5.74, 6) is -0.0112. The Labute approximate surface area is 118 Å². The molecule has 1 aliphatic rings. The van der Waals surface area contributed by atoms with Crippen LogP contribution < -0.4 is 5.73 Å². The van der Waals surface area contributed by atoms with E-state index in [1.165, 1.54) is 0 Å². The van der Waals surface area contributed by atoms with Crippen LogP contribution >= 0.6 is 11.6 Å². The minimum absolute atomic E-state index is 0.0112. The zero-order chi connectivity index (χ0) is 13.8. The molecule has 2 N–H and O–H groups in total. The zero-order valence-electron chi connectivity index (χ0n) is 11.0. The maximum atomic E-state index is 12.1. The average molecular weight is 283 g/mol. The molecule has 19 heavy (non-hydrogen) atoms. The van der Waals surface area contributed by atoms with Crippen LogP contribution in [0.3, 0.4) is 0 Å². The average Bonchev–Trinajstić information content (AvgIpc) is 2.46. The van der Waals surface area contributed by atoms with Crippen molar-refractivity contribution in [1.82, 2.24) is 4.90 Å². The molecule has 0 aliphatic carbocycles. The number of ether oxygens (including phenoxy) is 1. The highest BCUT2D eigenvalue weighted by molar-refractivity contribution is 6.31. The summed E-state index contributed by atoms with van der Waals surface area (Å²) in [6.07, 6.45) is 0.475. The van der Waals surface area contributed by atoms with E-state index in [0.717, 1.165) is 5.56 Å². The van der Waals surface area contributed by atoms with Gasteiger partial charge in [-0.15, -0.1) is 0 Å². The van der Waals surface area contributed by atoms with Gasteiger partial charge in [-0.25, -0.2) is 0 Å². The third-order valence-electron chi connectivity index (χ3n) is 3.39. The first kappa shape index (κ1) is 14.3. The molecule has 0 spiro atoms. The quantitative estimate of drug-likeness (QED) is 0.922. The lowest BCUT2D eigenvalue weighted by atomic mass is 10.1. The number of hydrogen-bond acceptors (Lipinski definition) is 3. The predicted molar refractivity (Wildman–Crippen MR) is 75.0 cm³/mol. The van der Waals surface area contributed by atoms with Gasteiger partial charge in [0.1, 0.15) is 6.10 Å². The summed E-state index contributed by atoms with van der Waals surface area (Å²) < 4.78 is 5.72. The second-order valence-electron chi connectivity index (χ2n) is 4.68. The van der Waals surface area contributed by atoms with E-state index < -0.39 is 6.04 Å². The SMILES string of the molecule is CC[C@H](N)C(=O)N1CCOC(c2ccccc2Cl)C1. The summed E-state index contributed by atoms with van der Waals surface area (Å²) in [5.41, 5.74) is 6.73. The van der Waals surface area contributed by atoms with Gasteiger partial charge in [-0.05, 0) is 12.5 Å². The Morgan fingerprint density at radius 3 is 3.00 bits per heavy atom. The second kappa shape index (κ2) is 6.37. The Hall–Kier alpha value is -1.10. The molecule has 1 heterocycles. The number of nitrogens with zero attached hydrogens (tertiary/aromatic N) is 1. The van der Waals surface area contributed by atoms with Crippen LogP contribution in [0.25, 0.3) is 0 Å². The highest BCUT2D eigenvalue weighted by Gasteiger charge is 2.28. The first-order valence-electron chi connectivity index (χ1n) is 6.54. The van der Waals surface area contributed by atoms with E-state index in [0.29, 0.717) is 31.1 Å². The number of hydrogen-bond donors (Lipinski definition) is 1. The molecular formula is C14H19ClN2O2. The molecule has 2 atom stereocenters. The third kappa shape index (κ3) is 3.26. The molecule has 1 aliphatic heterocycles. The fourth-order valence-corrected chi connectivity index (χ4v) is 2.44. The molecule has 1 saturated heterocycles. The van der Waals surface area contributed by atoms with E-state index >= 15 is 0 Å². The van der Waals surface area contributed by atoms with Gasteiger partial charge in [-0.2, -0.15) is 0 Å². The number of carbonyl (C=O) groups excluding carboxylic acids is 1.